The van der Waals surface area contributed by atoms with Crippen molar-refractivity contribution in [3.8, 4) is 6.07 Å². The third-order valence-corrected chi connectivity index (χ3v) is 7.32. The maximum atomic E-state index is 14.1. The van der Waals surface area contributed by atoms with Gasteiger partial charge in [0.2, 0.25) is 5.95 Å². The molecule has 1 aromatic carbocycles. The number of nitriles is 1. The lowest BCUT2D eigenvalue weighted by atomic mass is 9.91. The first kappa shape index (κ1) is 21.7. The Kier molecular flexibility index (Phi) is 6.21. The standard InChI is InChI=1S/C22H25FN4O3S/c1-31(28,29)19-3-2-17(21(23)9-19)13-30-14-18-8-20(18)16-4-6-27(7-5-16)22-25-11-15(10-24)12-26-22/h2-3,9,11-12,16,18,20H,4-8,13-14H2,1H3/t18-,20+/m0/s1. The normalized spacial score (nSPS) is 21.6. The van der Waals surface area contributed by atoms with Crippen LogP contribution in [-0.4, -0.2) is 44.3 Å². The molecule has 0 radical (unpaired) electrons. The van der Waals surface area contributed by atoms with Crippen LogP contribution in [0.4, 0.5) is 10.3 Å². The summed E-state index contributed by atoms with van der Waals surface area (Å²) in [5, 5.41) is 8.85. The number of anilines is 1. The number of hydrogen-bond acceptors (Lipinski definition) is 7. The summed E-state index contributed by atoms with van der Waals surface area (Å²) in [7, 11) is -3.42. The van der Waals surface area contributed by atoms with Gasteiger partial charge in [0.05, 0.1) is 36.1 Å². The molecule has 31 heavy (non-hydrogen) atoms. The number of piperidine rings is 1. The number of halogens is 1. The minimum Gasteiger partial charge on any atom is -0.376 e. The Bertz CT molecular complexity index is 1080. The summed E-state index contributed by atoms with van der Waals surface area (Å²) in [6, 6.07) is 5.99. The van der Waals surface area contributed by atoms with Crippen LogP contribution in [0.2, 0.25) is 0 Å². The Morgan fingerprint density at radius 2 is 1.97 bits per heavy atom. The first-order chi connectivity index (χ1) is 14.8. The molecule has 1 aromatic heterocycles. The van der Waals surface area contributed by atoms with Gasteiger partial charge in [-0.25, -0.2) is 22.8 Å². The SMILES string of the molecule is CS(=O)(=O)c1ccc(COC[C@@H]2C[C@@H]2C2CCN(c3ncc(C#N)cn3)CC2)c(F)c1. The third-order valence-electron chi connectivity index (χ3n) is 6.21. The van der Waals surface area contributed by atoms with E-state index in [4.69, 9.17) is 10.00 Å². The summed E-state index contributed by atoms with van der Waals surface area (Å²) in [4.78, 5) is 10.7. The van der Waals surface area contributed by atoms with E-state index in [9.17, 15) is 12.8 Å². The van der Waals surface area contributed by atoms with Crippen molar-refractivity contribution in [1.29, 1.82) is 5.26 Å². The van der Waals surface area contributed by atoms with Crippen LogP contribution in [0.3, 0.4) is 0 Å². The van der Waals surface area contributed by atoms with E-state index in [-0.39, 0.29) is 11.5 Å². The van der Waals surface area contributed by atoms with Crippen LogP contribution in [0.1, 0.15) is 30.4 Å². The Labute approximate surface area is 181 Å². The number of nitrogens with zero attached hydrogens (tertiary/aromatic N) is 4. The van der Waals surface area contributed by atoms with E-state index in [2.05, 4.69) is 14.9 Å². The molecule has 2 atom stereocenters. The van der Waals surface area contributed by atoms with Crippen LogP contribution in [0.25, 0.3) is 0 Å². The van der Waals surface area contributed by atoms with E-state index < -0.39 is 15.7 Å². The second-order valence-electron chi connectivity index (χ2n) is 8.41. The number of ether oxygens (including phenoxy) is 1. The van der Waals surface area contributed by atoms with Gasteiger partial charge < -0.3 is 9.64 Å². The number of hydrogen-bond donors (Lipinski definition) is 0. The molecule has 0 spiro atoms. The van der Waals surface area contributed by atoms with Gasteiger partial charge >= 0.3 is 0 Å². The topological polar surface area (TPSA) is 96.2 Å². The molecule has 1 aliphatic heterocycles. The van der Waals surface area contributed by atoms with Crippen molar-refractivity contribution in [2.45, 2.75) is 30.8 Å². The Balaban J connectivity index is 1.20. The largest absolute Gasteiger partial charge is 0.376 e. The monoisotopic (exact) mass is 444 g/mol. The number of rotatable bonds is 7. The van der Waals surface area contributed by atoms with Crippen molar-refractivity contribution >= 4 is 15.8 Å². The Hall–Kier alpha value is -2.57. The molecule has 164 valence electrons. The number of aromatic nitrogens is 2. The van der Waals surface area contributed by atoms with Crippen molar-refractivity contribution in [2.24, 2.45) is 17.8 Å². The van der Waals surface area contributed by atoms with E-state index in [1.165, 1.54) is 12.1 Å². The molecule has 0 bridgehead atoms. The highest BCUT2D eigenvalue weighted by atomic mass is 32.2. The third kappa shape index (κ3) is 5.20. The smallest absolute Gasteiger partial charge is 0.225 e. The lowest BCUT2D eigenvalue weighted by Crippen LogP contribution is -2.35. The van der Waals surface area contributed by atoms with Gasteiger partial charge in [-0.2, -0.15) is 5.26 Å². The number of benzene rings is 1. The summed E-state index contributed by atoms with van der Waals surface area (Å²) in [6.45, 7) is 2.54. The fourth-order valence-electron chi connectivity index (χ4n) is 4.31. The van der Waals surface area contributed by atoms with Gasteiger partial charge in [0, 0.05) is 24.9 Å². The minimum absolute atomic E-state index is 0.0197. The molecule has 9 heteroatoms. The van der Waals surface area contributed by atoms with Crippen molar-refractivity contribution in [3.63, 3.8) is 0 Å². The van der Waals surface area contributed by atoms with Gasteiger partial charge in [-0.05, 0) is 49.1 Å². The fraction of sp³-hybridized carbons (Fsp3) is 0.500. The molecule has 0 amide bonds. The molecular weight excluding hydrogens is 419 g/mol. The van der Waals surface area contributed by atoms with Crippen LogP contribution in [0, 0.1) is 34.9 Å². The zero-order valence-corrected chi connectivity index (χ0v) is 18.2. The van der Waals surface area contributed by atoms with E-state index in [0.29, 0.717) is 41.4 Å². The van der Waals surface area contributed by atoms with E-state index in [0.717, 1.165) is 44.7 Å². The maximum Gasteiger partial charge on any atom is 0.225 e. The zero-order chi connectivity index (χ0) is 22.0. The van der Waals surface area contributed by atoms with Gasteiger partial charge in [-0.15, -0.1) is 0 Å². The molecule has 1 saturated carbocycles. The van der Waals surface area contributed by atoms with E-state index in [1.54, 1.807) is 12.4 Å². The quantitative estimate of drug-likeness (QED) is 0.648. The van der Waals surface area contributed by atoms with Crippen molar-refractivity contribution < 1.29 is 17.5 Å². The summed E-state index contributed by atoms with van der Waals surface area (Å²) in [5.41, 5.74) is 0.839. The summed E-state index contributed by atoms with van der Waals surface area (Å²) in [6.07, 6.45) is 7.46. The molecule has 1 saturated heterocycles. The van der Waals surface area contributed by atoms with Gasteiger partial charge in [0.25, 0.3) is 0 Å². The van der Waals surface area contributed by atoms with Crippen LogP contribution in [-0.2, 0) is 21.2 Å². The van der Waals surface area contributed by atoms with Crippen molar-refractivity contribution in [3.05, 3.63) is 47.5 Å². The highest BCUT2D eigenvalue weighted by molar-refractivity contribution is 7.90. The molecular formula is C22H25FN4O3S. The van der Waals surface area contributed by atoms with E-state index in [1.807, 2.05) is 6.07 Å². The zero-order valence-electron chi connectivity index (χ0n) is 17.4. The fourth-order valence-corrected chi connectivity index (χ4v) is 4.94. The van der Waals surface area contributed by atoms with Gasteiger partial charge in [0.1, 0.15) is 11.9 Å². The Morgan fingerprint density at radius 3 is 2.58 bits per heavy atom. The lowest BCUT2D eigenvalue weighted by molar-refractivity contribution is 0.102. The molecule has 2 heterocycles. The summed E-state index contributed by atoms with van der Waals surface area (Å²) >= 11 is 0. The average Bonchev–Trinajstić information content (AvgIpc) is 3.54. The molecule has 4 rings (SSSR count). The molecule has 2 aliphatic rings. The van der Waals surface area contributed by atoms with Gasteiger partial charge in [0.15, 0.2) is 9.84 Å². The van der Waals surface area contributed by atoms with Crippen LogP contribution >= 0.6 is 0 Å². The van der Waals surface area contributed by atoms with E-state index >= 15 is 0 Å². The molecule has 7 nitrogen and oxygen atoms in total. The van der Waals surface area contributed by atoms with Gasteiger partial charge in [-0.1, -0.05) is 6.07 Å². The van der Waals surface area contributed by atoms with Gasteiger partial charge in [-0.3, -0.25) is 0 Å². The summed E-state index contributed by atoms with van der Waals surface area (Å²) < 4.78 is 42.9. The Morgan fingerprint density at radius 1 is 1.26 bits per heavy atom. The summed E-state index contributed by atoms with van der Waals surface area (Å²) in [5.74, 6) is 1.92. The molecule has 2 fully saturated rings. The first-order valence-electron chi connectivity index (χ1n) is 10.4. The first-order valence-corrected chi connectivity index (χ1v) is 12.3. The maximum absolute atomic E-state index is 14.1. The number of sulfone groups is 1. The second kappa shape index (κ2) is 8.89. The molecule has 1 aliphatic carbocycles. The lowest BCUT2D eigenvalue weighted by Gasteiger charge is -2.32. The minimum atomic E-state index is -3.42. The van der Waals surface area contributed by atoms with Crippen molar-refractivity contribution in [2.75, 3.05) is 30.9 Å². The van der Waals surface area contributed by atoms with Crippen LogP contribution in [0.5, 0.6) is 0 Å². The van der Waals surface area contributed by atoms with Crippen LogP contribution < -0.4 is 4.90 Å². The highest BCUT2D eigenvalue weighted by Crippen LogP contribution is 2.48. The molecule has 0 N–H and O–H groups in total. The molecule has 0 unspecified atom stereocenters. The van der Waals surface area contributed by atoms with Crippen molar-refractivity contribution in [1.82, 2.24) is 9.97 Å². The second-order valence-corrected chi connectivity index (χ2v) is 10.4. The predicted octanol–water partition coefficient (Wildman–Crippen LogP) is 2.96. The molecule has 2 aromatic rings. The average molecular weight is 445 g/mol. The van der Waals surface area contributed by atoms with Crippen LogP contribution in [0.15, 0.2) is 35.5 Å². The predicted molar refractivity (Wildman–Crippen MR) is 112 cm³/mol. The highest BCUT2D eigenvalue weighted by Gasteiger charge is 2.43.